The molecule has 0 saturated heterocycles. The maximum Gasteiger partial charge on any atom is 0.148 e. The van der Waals surface area contributed by atoms with Crippen molar-refractivity contribution in [1.29, 1.82) is 5.26 Å². The van der Waals surface area contributed by atoms with Crippen LogP contribution < -0.4 is 4.74 Å². The normalized spacial score (nSPS) is 18.5. The van der Waals surface area contributed by atoms with Crippen LogP contribution in [0.25, 0.3) is 5.76 Å². The molecule has 2 aliphatic rings. The fraction of sp³-hybridized carbons (Fsp3) is 0.105. The van der Waals surface area contributed by atoms with Gasteiger partial charge < -0.3 is 9.47 Å². The van der Waals surface area contributed by atoms with Gasteiger partial charge in [0.1, 0.15) is 18.1 Å². The van der Waals surface area contributed by atoms with E-state index in [0.717, 1.165) is 26.9 Å². The fourth-order valence-corrected chi connectivity index (χ4v) is 4.03. The Morgan fingerprint density at radius 1 is 1.21 bits per heavy atom. The predicted molar refractivity (Wildman–Crippen MR) is 95.5 cm³/mol. The number of nitriles is 1. The monoisotopic (exact) mass is 399 g/mol. The smallest absolute Gasteiger partial charge is 0.148 e. The topological polar surface area (TPSA) is 42.2 Å². The first-order valence-corrected chi connectivity index (χ1v) is 8.53. The van der Waals surface area contributed by atoms with E-state index >= 15 is 0 Å². The van der Waals surface area contributed by atoms with Gasteiger partial charge in [0.25, 0.3) is 0 Å². The minimum Gasteiger partial charge on any atom is -0.488 e. The van der Waals surface area contributed by atoms with E-state index in [1.54, 1.807) is 12.3 Å². The van der Waals surface area contributed by atoms with Crippen molar-refractivity contribution in [2.45, 2.75) is 5.92 Å². The van der Waals surface area contributed by atoms with Gasteiger partial charge in [-0.3, -0.25) is 0 Å². The summed E-state index contributed by atoms with van der Waals surface area (Å²) < 4.78 is 12.4. The molecule has 0 bridgehead atoms. The Morgan fingerprint density at radius 3 is 2.75 bits per heavy atom. The third-order valence-electron chi connectivity index (χ3n) is 4.12. The zero-order valence-electron chi connectivity index (χ0n) is 12.4. The standard InChI is InChI=1S/C19H11BrClNO2/c20-16-7-13(21)6-14-17-12(10-24-19(14)16)9-23-18(15(17)8-22)11-4-2-1-3-5-11/h1-7,9,17H,10H2. The summed E-state index contributed by atoms with van der Waals surface area (Å²) in [6, 6.07) is 15.6. The largest absolute Gasteiger partial charge is 0.488 e. The van der Waals surface area contributed by atoms with Crippen LogP contribution in [0.1, 0.15) is 17.0 Å². The van der Waals surface area contributed by atoms with Crippen molar-refractivity contribution in [3.63, 3.8) is 0 Å². The van der Waals surface area contributed by atoms with Gasteiger partial charge in [-0.15, -0.1) is 0 Å². The molecule has 5 heteroatoms. The molecule has 24 heavy (non-hydrogen) atoms. The van der Waals surface area contributed by atoms with Crippen LogP contribution in [0, 0.1) is 11.3 Å². The molecule has 0 aromatic heterocycles. The summed E-state index contributed by atoms with van der Waals surface area (Å²) in [6.45, 7) is 0.380. The molecule has 4 rings (SSSR count). The first kappa shape index (κ1) is 15.3. The highest BCUT2D eigenvalue weighted by Crippen LogP contribution is 2.49. The van der Waals surface area contributed by atoms with Gasteiger partial charge in [0.15, 0.2) is 0 Å². The Kier molecular flexibility index (Phi) is 3.84. The van der Waals surface area contributed by atoms with Crippen LogP contribution in [0.3, 0.4) is 0 Å². The molecule has 3 nitrogen and oxygen atoms in total. The lowest BCUT2D eigenvalue weighted by Gasteiger charge is -2.32. The molecule has 0 spiro atoms. The van der Waals surface area contributed by atoms with E-state index in [1.807, 2.05) is 36.4 Å². The second-order valence-electron chi connectivity index (χ2n) is 5.56. The van der Waals surface area contributed by atoms with E-state index in [9.17, 15) is 5.26 Å². The second-order valence-corrected chi connectivity index (χ2v) is 6.85. The number of rotatable bonds is 1. The molecule has 0 saturated carbocycles. The van der Waals surface area contributed by atoms with E-state index < -0.39 is 0 Å². The summed E-state index contributed by atoms with van der Waals surface area (Å²) in [5.74, 6) is 1.09. The molecule has 2 aliphatic heterocycles. The van der Waals surface area contributed by atoms with Gasteiger partial charge >= 0.3 is 0 Å². The van der Waals surface area contributed by atoms with Crippen molar-refractivity contribution < 1.29 is 9.47 Å². The number of allylic oxidation sites excluding steroid dienone is 1. The van der Waals surface area contributed by atoms with Crippen molar-refractivity contribution in [3.05, 3.63) is 80.5 Å². The van der Waals surface area contributed by atoms with Gasteiger partial charge in [0.2, 0.25) is 0 Å². The third kappa shape index (κ3) is 2.41. The van der Waals surface area contributed by atoms with E-state index in [4.69, 9.17) is 21.1 Å². The van der Waals surface area contributed by atoms with Gasteiger partial charge in [-0.05, 0) is 28.1 Å². The van der Waals surface area contributed by atoms with Crippen LogP contribution in [0.4, 0.5) is 0 Å². The van der Waals surface area contributed by atoms with Gasteiger partial charge in [-0.2, -0.15) is 5.26 Å². The predicted octanol–water partition coefficient (Wildman–Crippen LogP) is 5.43. The number of halogens is 2. The molecule has 0 radical (unpaired) electrons. The van der Waals surface area contributed by atoms with E-state index in [1.165, 1.54) is 0 Å². The summed E-state index contributed by atoms with van der Waals surface area (Å²) in [5.41, 5.74) is 3.23. The first-order chi connectivity index (χ1) is 11.7. The van der Waals surface area contributed by atoms with Crippen LogP contribution in [-0.4, -0.2) is 6.61 Å². The molecule has 0 aliphatic carbocycles. The maximum absolute atomic E-state index is 9.83. The van der Waals surface area contributed by atoms with Crippen molar-refractivity contribution in [2.75, 3.05) is 6.61 Å². The molecule has 0 N–H and O–H groups in total. The van der Waals surface area contributed by atoms with Gasteiger partial charge in [-0.1, -0.05) is 41.9 Å². The minimum atomic E-state index is -0.210. The van der Waals surface area contributed by atoms with Gasteiger partial charge in [-0.25, -0.2) is 0 Å². The summed E-state index contributed by atoms with van der Waals surface area (Å²) in [7, 11) is 0. The Labute approximate surface area is 152 Å². The number of benzene rings is 2. The fourth-order valence-electron chi connectivity index (χ4n) is 3.09. The van der Waals surface area contributed by atoms with E-state index in [2.05, 4.69) is 22.0 Å². The molecule has 2 aromatic carbocycles. The lowest BCUT2D eigenvalue weighted by Crippen LogP contribution is -2.23. The van der Waals surface area contributed by atoms with Crippen LogP contribution in [0.5, 0.6) is 5.75 Å². The lowest BCUT2D eigenvalue weighted by atomic mass is 9.81. The number of hydrogen-bond acceptors (Lipinski definition) is 3. The SMILES string of the molecule is N#CC1=C(c2ccccc2)OC=C2COc3c(Br)cc(Cl)cc3C21. The highest BCUT2D eigenvalue weighted by Gasteiger charge is 2.36. The molecule has 1 unspecified atom stereocenters. The zero-order valence-corrected chi connectivity index (χ0v) is 14.8. The Morgan fingerprint density at radius 2 is 2.00 bits per heavy atom. The summed E-state index contributed by atoms with van der Waals surface area (Å²) in [6.07, 6.45) is 1.69. The Bertz CT molecular complexity index is 928. The van der Waals surface area contributed by atoms with E-state index in [-0.39, 0.29) is 5.92 Å². The molecule has 118 valence electrons. The number of hydrogen-bond donors (Lipinski definition) is 0. The van der Waals surface area contributed by atoms with Crippen LogP contribution in [0.2, 0.25) is 5.02 Å². The number of fused-ring (bicyclic) bond motifs is 3. The van der Waals surface area contributed by atoms with Crippen LogP contribution in [-0.2, 0) is 4.74 Å². The lowest BCUT2D eigenvalue weighted by molar-refractivity contribution is 0.304. The second kappa shape index (κ2) is 6.01. The Balaban J connectivity index is 1.93. The first-order valence-electron chi connectivity index (χ1n) is 7.36. The highest BCUT2D eigenvalue weighted by molar-refractivity contribution is 9.10. The average molecular weight is 401 g/mol. The minimum absolute atomic E-state index is 0.210. The molecule has 0 fully saturated rings. The molecule has 2 aromatic rings. The zero-order chi connectivity index (χ0) is 16.7. The maximum atomic E-state index is 9.83. The van der Waals surface area contributed by atoms with Crippen molar-refractivity contribution >= 4 is 33.3 Å². The van der Waals surface area contributed by atoms with E-state index in [0.29, 0.717) is 23.0 Å². The van der Waals surface area contributed by atoms with Crippen molar-refractivity contribution in [1.82, 2.24) is 0 Å². The molecule has 2 heterocycles. The van der Waals surface area contributed by atoms with Crippen molar-refractivity contribution in [3.8, 4) is 11.8 Å². The summed E-state index contributed by atoms with van der Waals surface area (Å²) in [4.78, 5) is 0. The highest BCUT2D eigenvalue weighted by atomic mass is 79.9. The van der Waals surface area contributed by atoms with Gasteiger partial charge in [0, 0.05) is 21.7 Å². The van der Waals surface area contributed by atoms with Gasteiger partial charge in [0.05, 0.1) is 28.3 Å². The number of nitrogens with zero attached hydrogens (tertiary/aromatic N) is 1. The number of ether oxygens (including phenoxy) is 2. The molecular formula is C19H11BrClNO2. The average Bonchev–Trinajstić information content (AvgIpc) is 2.61. The Hall–Kier alpha value is -2.22. The summed E-state index contributed by atoms with van der Waals surface area (Å²) in [5, 5.41) is 10.4. The third-order valence-corrected chi connectivity index (χ3v) is 4.93. The van der Waals surface area contributed by atoms with Crippen LogP contribution >= 0.6 is 27.5 Å². The molecule has 1 atom stereocenters. The van der Waals surface area contributed by atoms with Crippen molar-refractivity contribution in [2.24, 2.45) is 0 Å². The molecular weight excluding hydrogens is 390 g/mol. The quantitative estimate of drug-likeness (QED) is 0.641. The van der Waals surface area contributed by atoms with Crippen LogP contribution in [0.15, 0.2) is 64.3 Å². The summed E-state index contributed by atoms with van der Waals surface area (Å²) >= 11 is 9.71. The molecule has 0 amide bonds.